The van der Waals surface area contributed by atoms with Crippen LogP contribution in [0.3, 0.4) is 0 Å². The first kappa shape index (κ1) is 10.6. The normalized spacial score (nSPS) is 10.1. The Bertz CT molecular complexity index is 524. The van der Waals surface area contributed by atoms with E-state index in [9.17, 15) is 4.79 Å². The minimum absolute atomic E-state index is 0.116. The van der Waals surface area contributed by atoms with Gasteiger partial charge in [-0.15, -0.1) is 0 Å². The van der Waals surface area contributed by atoms with E-state index in [0.29, 0.717) is 16.6 Å². The van der Waals surface area contributed by atoms with E-state index in [1.807, 2.05) is 0 Å². The van der Waals surface area contributed by atoms with E-state index in [2.05, 4.69) is 14.7 Å². The summed E-state index contributed by atoms with van der Waals surface area (Å²) in [6.07, 6.45) is 2.76. The molecule has 0 radical (unpaired) electrons. The fourth-order valence-electron chi connectivity index (χ4n) is 1.14. The van der Waals surface area contributed by atoms with Crippen molar-refractivity contribution in [1.82, 2.24) is 9.97 Å². The molecule has 0 fully saturated rings. The quantitative estimate of drug-likeness (QED) is 0.593. The smallest absolute Gasteiger partial charge is 0.360 e. The zero-order chi connectivity index (χ0) is 11.5. The second-order valence-corrected chi connectivity index (χ2v) is 3.28. The van der Waals surface area contributed by atoms with Crippen LogP contribution in [-0.2, 0) is 4.74 Å². The third-order valence-corrected chi connectivity index (χ3v) is 2.08. The molecule has 0 amide bonds. The van der Waals surface area contributed by atoms with Crippen molar-refractivity contribution in [3.05, 3.63) is 35.4 Å². The van der Waals surface area contributed by atoms with Crippen LogP contribution in [0.25, 0.3) is 11.5 Å². The second-order valence-electron chi connectivity index (χ2n) is 2.90. The van der Waals surface area contributed by atoms with E-state index >= 15 is 0 Å². The van der Waals surface area contributed by atoms with Crippen molar-refractivity contribution < 1.29 is 13.9 Å². The third kappa shape index (κ3) is 2.04. The zero-order valence-electron chi connectivity index (χ0n) is 8.31. The molecule has 2 rings (SSSR count). The van der Waals surface area contributed by atoms with Crippen molar-refractivity contribution in [1.29, 1.82) is 0 Å². The van der Waals surface area contributed by atoms with Crippen LogP contribution in [0.2, 0.25) is 5.15 Å². The molecule has 0 atom stereocenters. The molecule has 5 nitrogen and oxygen atoms in total. The molecule has 0 unspecified atom stereocenters. The number of aromatic nitrogens is 2. The van der Waals surface area contributed by atoms with Gasteiger partial charge in [0.2, 0.25) is 5.89 Å². The molecule has 0 saturated heterocycles. The molecule has 0 spiro atoms. The first-order chi connectivity index (χ1) is 7.70. The summed E-state index contributed by atoms with van der Waals surface area (Å²) >= 11 is 5.72. The average molecular weight is 239 g/mol. The largest absolute Gasteiger partial charge is 0.464 e. The lowest BCUT2D eigenvalue weighted by atomic mass is 10.3. The van der Waals surface area contributed by atoms with Crippen LogP contribution >= 0.6 is 11.6 Å². The number of esters is 1. The number of methoxy groups -OCH3 is 1. The molecule has 2 aromatic rings. The molecule has 0 aliphatic rings. The van der Waals surface area contributed by atoms with Crippen molar-refractivity contribution >= 4 is 17.6 Å². The number of halogens is 1. The molecule has 0 aliphatic heterocycles. The molecular formula is C10H7ClN2O3. The lowest BCUT2D eigenvalue weighted by Gasteiger charge is -1.94. The molecule has 2 aromatic heterocycles. The molecule has 2 heterocycles. The number of oxazole rings is 1. The fourth-order valence-corrected chi connectivity index (χ4v) is 1.31. The van der Waals surface area contributed by atoms with Gasteiger partial charge >= 0.3 is 5.97 Å². The highest BCUT2D eigenvalue weighted by Crippen LogP contribution is 2.20. The van der Waals surface area contributed by atoms with Crippen LogP contribution < -0.4 is 0 Å². The average Bonchev–Trinajstić information content (AvgIpc) is 2.77. The molecule has 6 heteroatoms. The molecule has 16 heavy (non-hydrogen) atoms. The minimum Gasteiger partial charge on any atom is -0.464 e. The molecule has 82 valence electrons. The molecule has 0 aromatic carbocycles. The zero-order valence-corrected chi connectivity index (χ0v) is 9.06. The third-order valence-electron chi connectivity index (χ3n) is 1.87. The van der Waals surface area contributed by atoms with Crippen molar-refractivity contribution in [2.24, 2.45) is 0 Å². The Balaban J connectivity index is 2.35. The van der Waals surface area contributed by atoms with Gasteiger partial charge in [0, 0.05) is 11.8 Å². The van der Waals surface area contributed by atoms with E-state index in [4.69, 9.17) is 16.0 Å². The van der Waals surface area contributed by atoms with Crippen LogP contribution in [0.1, 0.15) is 10.5 Å². The molecule has 0 saturated carbocycles. The van der Waals surface area contributed by atoms with Gasteiger partial charge in [0.1, 0.15) is 11.4 Å². The van der Waals surface area contributed by atoms with Crippen LogP contribution in [0.4, 0.5) is 0 Å². The van der Waals surface area contributed by atoms with Crippen molar-refractivity contribution in [2.75, 3.05) is 7.11 Å². The molecule has 0 N–H and O–H groups in total. The number of ether oxygens (including phenoxy) is 1. The Morgan fingerprint density at radius 2 is 2.38 bits per heavy atom. The van der Waals surface area contributed by atoms with Crippen LogP contribution in [0.15, 0.2) is 29.0 Å². The van der Waals surface area contributed by atoms with Gasteiger partial charge in [-0.1, -0.05) is 11.6 Å². The van der Waals surface area contributed by atoms with E-state index in [1.54, 1.807) is 12.1 Å². The summed E-state index contributed by atoms with van der Waals surface area (Å²) < 4.78 is 9.64. The number of nitrogens with zero attached hydrogens (tertiary/aromatic N) is 2. The number of rotatable bonds is 2. The maximum absolute atomic E-state index is 11.1. The van der Waals surface area contributed by atoms with Gasteiger partial charge in [0.15, 0.2) is 5.69 Å². The number of carbonyl (C=O) groups is 1. The summed E-state index contributed by atoms with van der Waals surface area (Å²) in [7, 11) is 1.28. The number of pyridine rings is 1. The van der Waals surface area contributed by atoms with Gasteiger partial charge in [0.05, 0.1) is 7.11 Å². The maximum atomic E-state index is 11.1. The van der Waals surface area contributed by atoms with Gasteiger partial charge in [-0.25, -0.2) is 14.8 Å². The Morgan fingerprint density at radius 3 is 3.06 bits per heavy atom. The van der Waals surface area contributed by atoms with E-state index in [-0.39, 0.29) is 5.69 Å². The summed E-state index contributed by atoms with van der Waals surface area (Å²) in [5, 5.41) is 0.329. The number of hydrogen-bond acceptors (Lipinski definition) is 5. The van der Waals surface area contributed by atoms with Gasteiger partial charge in [-0.3, -0.25) is 0 Å². The summed E-state index contributed by atoms with van der Waals surface area (Å²) in [4.78, 5) is 18.9. The first-order valence-electron chi connectivity index (χ1n) is 4.36. The Hall–Kier alpha value is -1.88. The number of hydrogen-bond donors (Lipinski definition) is 0. The lowest BCUT2D eigenvalue weighted by Crippen LogP contribution is -2.00. The number of carbonyl (C=O) groups excluding carboxylic acids is 1. The fraction of sp³-hybridized carbons (Fsp3) is 0.100. The van der Waals surface area contributed by atoms with Crippen molar-refractivity contribution in [3.63, 3.8) is 0 Å². The highest BCUT2D eigenvalue weighted by Gasteiger charge is 2.13. The van der Waals surface area contributed by atoms with Gasteiger partial charge in [-0.05, 0) is 12.1 Å². The van der Waals surface area contributed by atoms with Crippen molar-refractivity contribution in [3.8, 4) is 11.5 Å². The summed E-state index contributed by atoms with van der Waals surface area (Å²) in [6.45, 7) is 0. The van der Waals surface area contributed by atoms with Crippen LogP contribution in [0.5, 0.6) is 0 Å². The van der Waals surface area contributed by atoms with Gasteiger partial charge in [-0.2, -0.15) is 0 Å². The monoisotopic (exact) mass is 238 g/mol. The summed E-state index contributed by atoms with van der Waals surface area (Å²) in [5.74, 6) is -0.250. The van der Waals surface area contributed by atoms with Crippen molar-refractivity contribution in [2.45, 2.75) is 0 Å². The first-order valence-corrected chi connectivity index (χ1v) is 4.74. The van der Waals surface area contributed by atoms with E-state index < -0.39 is 5.97 Å². The summed E-state index contributed by atoms with van der Waals surface area (Å²) in [6, 6.07) is 3.27. The summed E-state index contributed by atoms with van der Waals surface area (Å²) in [5.41, 5.74) is 0.764. The topological polar surface area (TPSA) is 65.2 Å². The van der Waals surface area contributed by atoms with Gasteiger partial charge < -0.3 is 9.15 Å². The van der Waals surface area contributed by atoms with Crippen LogP contribution in [0, 0.1) is 0 Å². The molecule has 0 bridgehead atoms. The predicted molar refractivity (Wildman–Crippen MR) is 56.1 cm³/mol. The standard InChI is InChI=1S/C10H7ClN2O3/c1-15-10(14)7-5-16-9(13-7)6-2-3-12-8(11)4-6/h2-5H,1H3. The minimum atomic E-state index is -0.546. The SMILES string of the molecule is COC(=O)c1coc(-c2ccnc(Cl)c2)n1. The van der Waals surface area contributed by atoms with E-state index in [1.165, 1.54) is 19.6 Å². The molecular weight excluding hydrogens is 232 g/mol. The highest BCUT2D eigenvalue weighted by molar-refractivity contribution is 6.29. The second kappa shape index (κ2) is 4.32. The maximum Gasteiger partial charge on any atom is 0.360 e. The van der Waals surface area contributed by atoms with Crippen LogP contribution in [-0.4, -0.2) is 23.0 Å². The lowest BCUT2D eigenvalue weighted by molar-refractivity contribution is 0.0594. The Labute approximate surface area is 96.0 Å². The molecule has 0 aliphatic carbocycles. The predicted octanol–water partition coefficient (Wildman–Crippen LogP) is 2.18. The highest BCUT2D eigenvalue weighted by atomic mass is 35.5. The Kier molecular flexibility index (Phi) is 2.87. The van der Waals surface area contributed by atoms with E-state index in [0.717, 1.165) is 0 Å². The Morgan fingerprint density at radius 1 is 1.56 bits per heavy atom. The van der Waals surface area contributed by atoms with Gasteiger partial charge in [0.25, 0.3) is 0 Å².